The Kier molecular flexibility index (Phi) is 5.48. The molecule has 0 aliphatic heterocycles. The highest BCUT2D eigenvalue weighted by Crippen LogP contribution is 2.26. The molecule has 0 aliphatic carbocycles. The summed E-state index contributed by atoms with van der Waals surface area (Å²) in [6, 6.07) is 8.07. The van der Waals surface area contributed by atoms with Crippen molar-refractivity contribution in [1.29, 1.82) is 0 Å². The van der Waals surface area contributed by atoms with Crippen molar-refractivity contribution in [3.8, 4) is 5.75 Å². The summed E-state index contributed by atoms with van der Waals surface area (Å²) in [5, 5.41) is 12.0. The molecule has 0 fully saturated rings. The van der Waals surface area contributed by atoms with Gasteiger partial charge in [-0.05, 0) is 17.6 Å². The molecule has 100 valence electrons. The van der Waals surface area contributed by atoms with E-state index in [9.17, 15) is 9.90 Å². The summed E-state index contributed by atoms with van der Waals surface area (Å²) in [5.41, 5.74) is 1.39. The van der Waals surface area contributed by atoms with Crippen molar-refractivity contribution in [2.75, 3.05) is 6.54 Å². The molecule has 22 heavy (non-hydrogen) atoms. The van der Waals surface area contributed by atoms with Crippen molar-refractivity contribution < 1.29 is 9.90 Å². The van der Waals surface area contributed by atoms with E-state index in [4.69, 9.17) is 31.5 Å². The van der Waals surface area contributed by atoms with Crippen LogP contribution in [0.2, 0.25) is 0 Å². The predicted molar refractivity (Wildman–Crippen MR) is 92.9 cm³/mol. The maximum Gasteiger partial charge on any atom is 0.178 e. The third kappa shape index (κ3) is 3.81. The van der Waals surface area contributed by atoms with Gasteiger partial charge in [-0.25, -0.2) is 0 Å². The van der Waals surface area contributed by atoms with Gasteiger partial charge in [-0.2, -0.15) is 0 Å². The molecule has 0 bridgehead atoms. The van der Waals surface area contributed by atoms with Crippen LogP contribution in [0.15, 0.2) is 40.1 Å². The summed E-state index contributed by atoms with van der Waals surface area (Å²) in [6.07, 6.45) is 0. The van der Waals surface area contributed by atoms with Gasteiger partial charge < -0.3 is 10.3 Å². The molecule has 8 radical (unpaired) electrons. The summed E-state index contributed by atoms with van der Waals surface area (Å²) < 4.78 is 0. The molecule has 0 atom stereocenters. The second-order valence-electron chi connectivity index (χ2n) is 4.61. The highest BCUT2D eigenvalue weighted by atomic mass is 32.2. The van der Waals surface area contributed by atoms with Crippen molar-refractivity contribution >= 4 is 65.5 Å². The number of carbonyl (C=O) groups is 1. The second-order valence-corrected chi connectivity index (χ2v) is 5.72. The molecule has 0 saturated carbocycles. The van der Waals surface area contributed by atoms with Crippen LogP contribution < -0.4 is 21.6 Å². The van der Waals surface area contributed by atoms with Gasteiger partial charge in [-0.15, -0.1) is 0 Å². The zero-order valence-electron chi connectivity index (χ0n) is 11.7. The lowest BCUT2D eigenvalue weighted by molar-refractivity contribution is 0.0998. The number of phenolic OH excluding ortho intramolecular Hbond substituents is 1. The van der Waals surface area contributed by atoms with Gasteiger partial charge in [-0.3, -0.25) is 4.79 Å². The third-order valence-electron chi connectivity index (χ3n) is 2.96. The second kappa shape index (κ2) is 7.16. The number of phenols is 1. The van der Waals surface area contributed by atoms with Crippen molar-refractivity contribution in [1.82, 2.24) is 5.23 Å². The van der Waals surface area contributed by atoms with Crippen LogP contribution in [0.3, 0.4) is 0 Å². The van der Waals surface area contributed by atoms with E-state index in [0.29, 0.717) is 21.4 Å². The molecule has 3 nitrogen and oxygen atoms in total. The van der Waals surface area contributed by atoms with Gasteiger partial charge in [-0.1, -0.05) is 40.9 Å². The molecule has 0 aromatic heterocycles. The van der Waals surface area contributed by atoms with Crippen LogP contribution in [-0.2, 0) is 0 Å². The SMILES string of the molecule is [B]NCC(=O)c1ccc(Sc2cc([B])cc(O)c2[B])cc1[B]. The van der Waals surface area contributed by atoms with Crippen LogP contribution in [0.5, 0.6) is 5.75 Å². The lowest BCUT2D eigenvalue weighted by atomic mass is 9.88. The van der Waals surface area contributed by atoms with E-state index in [0.717, 1.165) is 4.90 Å². The van der Waals surface area contributed by atoms with Gasteiger partial charge in [0, 0.05) is 21.9 Å². The molecule has 8 heteroatoms. The standard InChI is InChI=1S/C14H9B4NO2S/c15-7-3-11(20)14(17)13(4-7)22-8-1-2-9(10(16)5-8)12(21)6-19-18/h1-5,19-20H,6H2. The predicted octanol–water partition coefficient (Wildman–Crippen LogP) is -1.22. The maximum absolute atomic E-state index is 11.8. The molecule has 0 spiro atoms. The normalized spacial score (nSPS) is 10.5. The molecule has 0 amide bonds. The van der Waals surface area contributed by atoms with E-state index >= 15 is 0 Å². The number of benzene rings is 2. The van der Waals surface area contributed by atoms with Crippen molar-refractivity contribution in [2.24, 2.45) is 0 Å². The zero-order chi connectivity index (χ0) is 16.3. The van der Waals surface area contributed by atoms with Crippen LogP contribution in [0.4, 0.5) is 0 Å². The molecule has 0 unspecified atom stereocenters. The molecule has 2 N–H and O–H groups in total. The van der Waals surface area contributed by atoms with Gasteiger partial charge in [0.05, 0.1) is 0 Å². The number of rotatable bonds is 5. The smallest absolute Gasteiger partial charge is 0.178 e. The number of hydrogen-bond acceptors (Lipinski definition) is 4. The summed E-state index contributed by atoms with van der Waals surface area (Å²) >= 11 is 1.29. The number of carbonyl (C=O) groups excluding carboxylic acids is 1. The molecule has 2 aromatic rings. The molecular weight excluding hydrogens is 289 g/mol. The Hall–Kier alpha value is -1.52. The molecular formula is C14H9B4NO2S. The summed E-state index contributed by atoms with van der Waals surface area (Å²) in [7, 11) is 22.5. The van der Waals surface area contributed by atoms with E-state index in [2.05, 4.69) is 5.23 Å². The van der Waals surface area contributed by atoms with E-state index in [-0.39, 0.29) is 23.5 Å². The van der Waals surface area contributed by atoms with Crippen molar-refractivity contribution in [3.05, 3.63) is 35.9 Å². The molecule has 2 aromatic carbocycles. The number of aromatic hydroxyl groups is 1. The Morgan fingerprint density at radius 1 is 1.18 bits per heavy atom. The first-order valence-electron chi connectivity index (χ1n) is 6.34. The van der Waals surface area contributed by atoms with Gasteiger partial charge in [0.1, 0.15) is 29.3 Å². The maximum atomic E-state index is 11.8. The van der Waals surface area contributed by atoms with Crippen LogP contribution >= 0.6 is 11.8 Å². The van der Waals surface area contributed by atoms with Gasteiger partial charge >= 0.3 is 0 Å². The van der Waals surface area contributed by atoms with Crippen LogP contribution in [0, 0.1) is 0 Å². The number of ketones is 1. The minimum Gasteiger partial charge on any atom is -0.509 e. The number of nitrogens with one attached hydrogen (secondary N) is 1. The average Bonchev–Trinajstić information content (AvgIpc) is 2.44. The summed E-state index contributed by atoms with van der Waals surface area (Å²) in [4.78, 5) is 13.2. The van der Waals surface area contributed by atoms with E-state index < -0.39 is 0 Å². The molecule has 0 heterocycles. The Morgan fingerprint density at radius 2 is 1.91 bits per heavy atom. The fourth-order valence-corrected chi connectivity index (χ4v) is 2.88. The summed E-state index contributed by atoms with van der Waals surface area (Å²) in [5.74, 6) is -0.269. The number of Topliss-reactive ketones (excluding diaryl/α,β-unsaturated/α-hetero) is 1. The average molecular weight is 299 g/mol. The van der Waals surface area contributed by atoms with Crippen LogP contribution in [0.1, 0.15) is 10.4 Å². The molecule has 0 aliphatic rings. The van der Waals surface area contributed by atoms with Gasteiger partial charge in [0.15, 0.2) is 13.8 Å². The Labute approximate surface area is 138 Å². The van der Waals surface area contributed by atoms with Crippen LogP contribution in [0.25, 0.3) is 0 Å². The summed E-state index contributed by atoms with van der Waals surface area (Å²) in [6.45, 7) is 0.00668. The lowest BCUT2D eigenvalue weighted by Gasteiger charge is -2.12. The Bertz CT molecular complexity index is 724. The first-order chi connectivity index (χ1) is 10.4. The quantitative estimate of drug-likeness (QED) is 0.537. The largest absolute Gasteiger partial charge is 0.509 e. The zero-order valence-corrected chi connectivity index (χ0v) is 12.5. The fourth-order valence-electron chi connectivity index (χ4n) is 1.89. The number of hydrogen-bond donors (Lipinski definition) is 2. The van der Waals surface area contributed by atoms with E-state index in [1.807, 2.05) is 0 Å². The first kappa shape index (κ1) is 16.8. The van der Waals surface area contributed by atoms with Gasteiger partial charge in [0.25, 0.3) is 0 Å². The monoisotopic (exact) mass is 299 g/mol. The fraction of sp³-hybridized carbons (Fsp3) is 0.0714. The van der Waals surface area contributed by atoms with Gasteiger partial charge in [0.2, 0.25) is 0 Å². The van der Waals surface area contributed by atoms with Crippen LogP contribution in [-0.4, -0.2) is 49.0 Å². The lowest BCUT2D eigenvalue weighted by Crippen LogP contribution is -2.25. The van der Waals surface area contributed by atoms with E-state index in [1.54, 1.807) is 24.3 Å². The third-order valence-corrected chi connectivity index (χ3v) is 4.00. The molecule has 2 rings (SSSR count). The van der Waals surface area contributed by atoms with Crippen molar-refractivity contribution in [2.45, 2.75) is 9.79 Å². The Balaban J connectivity index is 2.28. The highest BCUT2D eigenvalue weighted by Gasteiger charge is 2.10. The van der Waals surface area contributed by atoms with E-state index in [1.165, 1.54) is 17.8 Å². The highest BCUT2D eigenvalue weighted by molar-refractivity contribution is 7.99. The van der Waals surface area contributed by atoms with Crippen molar-refractivity contribution in [3.63, 3.8) is 0 Å². The molecule has 0 saturated heterocycles. The Morgan fingerprint density at radius 3 is 2.55 bits per heavy atom. The first-order valence-corrected chi connectivity index (χ1v) is 7.16. The minimum absolute atomic E-state index is 0.00668. The minimum atomic E-state index is -0.197. The topological polar surface area (TPSA) is 49.3 Å².